The van der Waals surface area contributed by atoms with Crippen LogP contribution in [0.1, 0.15) is 90.5 Å². The summed E-state index contributed by atoms with van der Waals surface area (Å²) in [4.78, 5) is 28.3. The fourth-order valence-corrected chi connectivity index (χ4v) is 5.51. The number of ketones is 1. The summed E-state index contributed by atoms with van der Waals surface area (Å²) in [5.74, 6) is 2.12. The Hall–Kier alpha value is -4.20. The first-order valence-corrected chi connectivity index (χ1v) is 14.3. The summed E-state index contributed by atoms with van der Waals surface area (Å²) in [6.45, 7) is 6.00. The SMILES string of the molecule is Cc1ccc2c(-c3ccc(C4CC4)nc3)cc(C(=O)[C@H](C)N=C3CCC=C(c4nncn4C4CC4)N3)nc2c1C. The van der Waals surface area contributed by atoms with E-state index in [0.717, 1.165) is 81.9 Å². The van der Waals surface area contributed by atoms with E-state index in [-0.39, 0.29) is 5.78 Å². The third-order valence-corrected chi connectivity index (χ3v) is 8.34. The van der Waals surface area contributed by atoms with Crippen molar-refractivity contribution in [2.24, 2.45) is 4.99 Å². The Labute approximate surface area is 233 Å². The minimum absolute atomic E-state index is 0.0989. The molecular weight excluding hydrogens is 498 g/mol. The Kier molecular flexibility index (Phi) is 6.06. The summed E-state index contributed by atoms with van der Waals surface area (Å²) in [5, 5.41) is 12.9. The van der Waals surface area contributed by atoms with E-state index in [9.17, 15) is 4.79 Å². The third-order valence-electron chi connectivity index (χ3n) is 8.34. The number of hydrogen-bond acceptors (Lipinski definition) is 6. The topological polar surface area (TPSA) is 98.0 Å². The second-order valence-corrected chi connectivity index (χ2v) is 11.4. The van der Waals surface area contributed by atoms with Crippen LogP contribution in [-0.2, 0) is 0 Å². The van der Waals surface area contributed by atoms with Gasteiger partial charge in [-0.05, 0) is 81.7 Å². The molecule has 2 aliphatic carbocycles. The number of benzene rings is 1. The predicted octanol–water partition coefficient (Wildman–Crippen LogP) is 6.11. The molecule has 1 aliphatic heterocycles. The monoisotopic (exact) mass is 531 g/mol. The fraction of sp³-hybridized carbons (Fsp3) is 0.375. The zero-order chi connectivity index (χ0) is 27.4. The molecule has 1 aromatic carbocycles. The van der Waals surface area contributed by atoms with Crippen molar-refractivity contribution in [3.63, 3.8) is 0 Å². The van der Waals surface area contributed by atoms with Gasteiger partial charge >= 0.3 is 0 Å². The van der Waals surface area contributed by atoms with Crippen LogP contribution in [0.4, 0.5) is 0 Å². The van der Waals surface area contributed by atoms with E-state index in [1.54, 1.807) is 6.33 Å². The summed E-state index contributed by atoms with van der Waals surface area (Å²) in [5.41, 5.74) is 7.55. The maximum Gasteiger partial charge on any atom is 0.205 e. The van der Waals surface area contributed by atoms with Crippen molar-refractivity contribution in [2.45, 2.75) is 77.3 Å². The van der Waals surface area contributed by atoms with Crippen molar-refractivity contribution in [3.8, 4) is 11.1 Å². The van der Waals surface area contributed by atoms with E-state index in [1.165, 1.54) is 12.8 Å². The first kappa shape index (κ1) is 24.8. The van der Waals surface area contributed by atoms with E-state index in [4.69, 9.17) is 15.0 Å². The van der Waals surface area contributed by atoms with Gasteiger partial charge in [-0.15, -0.1) is 10.2 Å². The molecule has 0 radical (unpaired) electrons. The van der Waals surface area contributed by atoms with E-state index >= 15 is 0 Å². The summed E-state index contributed by atoms with van der Waals surface area (Å²) in [6, 6.07) is 10.3. The predicted molar refractivity (Wildman–Crippen MR) is 156 cm³/mol. The van der Waals surface area contributed by atoms with Gasteiger partial charge in [0, 0.05) is 41.2 Å². The number of aliphatic imine (C=N–C) groups is 1. The molecule has 0 saturated heterocycles. The number of carbonyl (C=O) groups is 1. The van der Waals surface area contributed by atoms with Crippen molar-refractivity contribution in [1.29, 1.82) is 0 Å². The smallest absolute Gasteiger partial charge is 0.205 e. The number of amidine groups is 1. The number of Topliss-reactive ketones (excluding diaryl/α,β-unsaturated/α-hetero) is 1. The maximum atomic E-state index is 13.8. The lowest BCUT2D eigenvalue weighted by Gasteiger charge is -2.19. The zero-order valence-corrected chi connectivity index (χ0v) is 23.2. The molecule has 2 fully saturated rings. The van der Waals surface area contributed by atoms with Crippen molar-refractivity contribution in [3.05, 3.63) is 77.3 Å². The number of nitrogens with one attached hydrogen (secondary N) is 1. The molecule has 202 valence electrons. The van der Waals surface area contributed by atoms with E-state index < -0.39 is 6.04 Å². The summed E-state index contributed by atoms with van der Waals surface area (Å²) in [7, 11) is 0. The highest BCUT2D eigenvalue weighted by Gasteiger charge is 2.29. The molecular formula is C32H33N7O. The molecule has 1 atom stereocenters. The Balaban J connectivity index is 1.20. The molecule has 3 aromatic heterocycles. The minimum atomic E-state index is -0.582. The van der Waals surface area contributed by atoms with Crippen LogP contribution in [0, 0.1) is 13.8 Å². The van der Waals surface area contributed by atoms with Crippen LogP contribution in [0.15, 0.2) is 53.9 Å². The molecule has 0 spiro atoms. The van der Waals surface area contributed by atoms with Gasteiger partial charge in [0.15, 0.2) is 5.82 Å². The molecule has 0 unspecified atom stereocenters. The molecule has 0 bridgehead atoms. The van der Waals surface area contributed by atoms with Crippen LogP contribution in [-0.4, -0.2) is 42.4 Å². The Bertz CT molecular complexity index is 1690. The normalized spacial score (nSPS) is 19.0. The van der Waals surface area contributed by atoms with Gasteiger partial charge in [0.2, 0.25) is 5.78 Å². The van der Waals surface area contributed by atoms with Gasteiger partial charge < -0.3 is 9.88 Å². The zero-order valence-electron chi connectivity index (χ0n) is 23.2. The number of fused-ring (bicyclic) bond motifs is 1. The number of allylic oxidation sites excluding steroid dienone is 1. The van der Waals surface area contributed by atoms with Crippen LogP contribution >= 0.6 is 0 Å². The standard InChI is InChI=1S/C32H33N7O/c1-18-7-13-24-25(22-10-14-26(33-16-22)21-8-9-21)15-28(37-30(24)19(18)2)31(40)20(3)35-29-6-4-5-27(36-29)32-38-34-17-39(32)23-11-12-23/h5,7,10,13-17,20-21,23H,4,6,8-9,11-12H2,1-3H3,(H,35,36)/t20-/m0/s1. The van der Waals surface area contributed by atoms with Gasteiger partial charge in [-0.2, -0.15) is 0 Å². The van der Waals surface area contributed by atoms with E-state index in [0.29, 0.717) is 17.7 Å². The molecule has 8 nitrogen and oxygen atoms in total. The number of aromatic nitrogens is 5. The van der Waals surface area contributed by atoms with Crippen LogP contribution in [0.25, 0.3) is 27.7 Å². The van der Waals surface area contributed by atoms with Gasteiger partial charge in [-0.3, -0.25) is 14.8 Å². The number of carbonyl (C=O) groups excluding carboxylic acids is 1. The molecule has 8 heteroatoms. The second kappa shape index (κ2) is 9.77. The fourth-order valence-electron chi connectivity index (χ4n) is 5.51. The first-order valence-electron chi connectivity index (χ1n) is 14.3. The van der Waals surface area contributed by atoms with Crippen molar-refractivity contribution < 1.29 is 4.79 Å². The van der Waals surface area contributed by atoms with Crippen molar-refractivity contribution in [1.82, 2.24) is 30.0 Å². The molecule has 0 amide bonds. The number of hydrogen-bond donors (Lipinski definition) is 1. The number of nitrogens with zero attached hydrogens (tertiary/aromatic N) is 6. The quantitative estimate of drug-likeness (QED) is 0.289. The molecule has 2 saturated carbocycles. The van der Waals surface area contributed by atoms with E-state index in [2.05, 4.69) is 64.3 Å². The van der Waals surface area contributed by atoms with Gasteiger partial charge in [0.25, 0.3) is 0 Å². The van der Waals surface area contributed by atoms with Crippen molar-refractivity contribution in [2.75, 3.05) is 0 Å². The summed E-state index contributed by atoms with van der Waals surface area (Å²) < 4.78 is 2.13. The largest absolute Gasteiger partial charge is 0.341 e. The van der Waals surface area contributed by atoms with Crippen molar-refractivity contribution >= 4 is 28.2 Å². The number of aryl methyl sites for hydroxylation is 2. The Morgan fingerprint density at radius 2 is 1.98 bits per heavy atom. The molecule has 40 heavy (non-hydrogen) atoms. The van der Waals surface area contributed by atoms with Gasteiger partial charge in [-0.1, -0.05) is 24.3 Å². The summed E-state index contributed by atoms with van der Waals surface area (Å²) >= 11 is 0. The molecule has 4 aromatic rings. The number of pyridine rings is 2. The summed E-state index contributed by atoms with van der Waals surface area (Å²) in [6.07, 6.45) is 12.2. The second-order valence-electron chi connectivity index (χ2n) is 11.4. The molecule has 7 rings (SSSR count). The van der Waals surface area contributed by atoms with Crippen LogP contribution in [0.3, 0.4) is 0 Å². The first-order chi connectivity index (χ1) is 19.5. The lowest BCUT2D eigenvalue weighted by atomic mass is 9.96. The highest BCUT2D eigenvalue weighted by atomic mass is 16.1. The van der Waals surface area contributed by atoms with Crippen LogP contribution in [0.2, 0.25) is 0 Å². The lowest BCUT2D eigenvalue weighted by Crippen LogP contribution is -2.29. The molecule has 1 N–H and O–H groups in total. The molecule has 4 heterocycles. The highest BCUT2D eigenvalue weighted by Crippen LogP contribution is 2.40. The van der Waals surface area contributed by atoms with Gasteiger partial charge in [-0.25, -0.2) is 4.98 Å². The molecule has 3 aliphatic rings. The number of rotatable bonds is 7. The minimum Gasteiger partial charge on any atom is -0.341 e. The van der Waals surface area contributed by atoms with E-state index in [1.807, 2.05) is 19.2 Å². The third kappa shape index (κ3) is 4.61. The Morgan fingerprint density at radius 3 is 2.73 bits per heavy atom. The van der Waals surface area contributed by atoms with Crippen LogP contribution in [0.5, 0.6) is 0 Å². The van der Waals surface area contributed by atoms with Gasteiger partial charge in [0.05, 0.1) is 11.2 Å². The lowest BCUT2D eigenvalue weighted by molar-refractivity contribution is 0.0964. The average molecular weight is 532 g/mol. The maximum absolute atomic E-state index is 13.8. The van der Waals surface area contributed by atoms with Gasteiger partial charge in [0.1, 0.15) is 23.9 Å². The van der Waals surface area contributed by atoms with Crippen LogP contribution < -0.4 is 5.32 Å². The Morgan fingerprint density at radius 1 is 1.12 bits per heavy atom. The highest BCUT2D eigenvalue weighted by molar-refractivity contribution is 6.06. The average Bonchev–Trinajstić information content (AvgIpc) is 3.93.